The summed E-state index contributed by atoms with van der Waals surface area (Å²) in [7, 11) is 1.57. The third kappa shape index (κ3) is 6.80. The Labute approximate surface area is 182 Å². The van der Waals surface area contributed by atoms with E-state index >= 15 is 0 Å². The molecule has 2 rings (SSSR count). The summed E-state index contributed by atoms with van der Waals surface area (Å²) in [6, 6.07) is 12.6. The number of hydrogen-bond donors (Lipinski definition) is 1. The highest BCUT2D eigenvalue weighted by Gasteiger charge is 2.28. The summed E-state index contributed by atoms with van der Waals surface area (Å²) in [6.45, 7) is 6.33. The maximum absolute atomic E-state index is 13.2. The van der Waals surface area contributed by atoms with Gasteiger partial charge in [0.1, 0.15) is 11.8 Å². The molecule has 8 nitrogen and oxygen atoms in total. The van der Waals surface area contributed by atoms with Crippen molar-refractivity contribution in [1.82, 2.24) is 10.2 Å². The van der Waals surface area contributed by atoms with Crippen LogP contribution in [0.5, 0.6) is 5.75 Å². The molecule has 166 valence electrons. The average Bonchev–Trinajstić information content (AvgIpc) is 2.75. The van der Waals surface area contributed by atoms with E-state index in [1.807, 2.05) is 26.0 Å². The minimum absolute atomic E-state index is 0.114. The fraction of sp³-hybridized carbons (Fsp3) is 0.391. The first-order chi connectivity index (χ1) is 14.7. The number of ether oxygens (including phenoxy) is 1. The Morgan fingerprint density at radius 3 is 2.32 bits per heavy atom. The molecule has 31 heavy (non-hydrogen) atoms. The van der Waals surface area contributed by atoms with Crippen molar-refractivity contribution < 1.29 is 19.2 Å². The molecule has 0 saturated carbocycles. The van der Waals surface area contributed by atoms with Crippen molar-refractivity contribution in [2.24, 2.45) is 5.92 Å². The molecule has 0 bridgehead atoms. The van der Waals surface area contributed by atoms with Gasteiger partial charge in [-0.15, -0.1) is 0 Å². The van der Waals surface area contributed by atoms with Crippen molar-refractivity contribution in [2.45, 2.75) is 39.8 Å². The Hall–Kier alpha value is -3.42. The Kier molecular flexibility index (Phi) is 8.54. The summed E-state index contributed by atoms with van der Waals surface area (Å²) < 4.78 is 5.17. The van der Waals surface area contributed by atoms with Crippen LogP contribution >= 0.6 is 0 Å². The normalized spacial score (nSPS) is 11.6. The fourth-order valence-corrected chi connectivity index (χ4v) is 3.07. The standard InChI is InChI=1S/C23H29N3O5/c1-16(2)14-24-23(28)17(3)25(15-18-9-11-20(31-4)12-10-18)22(27)13-19-7-5-6-8-21(19)26(29)30/h5-12,16-17H,13-15H2,1-4H3,(H,24,28)/t17-/m0/s1. The Balaban J connectivity index is 2.27. The highest BCUT2D eigenvalue weighted by Crippen LogP contribution is 2.21. The number of para-hydroxylation sites is 1. The van der Waals surface area contributed by atoms with Gasteiger partial charge in [-0.25, -0.2) is 0 Å². The molecule has 2 amide bonds. The molecule has 0 unspecified atom stereocenters. The molecule has 0 saturated heterocycles. The topological polar surface area (TPSA) is 102 Å². The number of benzene rings is 2. The van der Waals surface area contributed by atoms with Crippen LogP contribution in [-0.4, -0.2) is 41.3 Å². The quantitative estimate of drug-likeness (QED) is 0.463. The number of nitrogens with one attached hydrogen (secondary N) is 1. The van der Waals surface area contributed by atoms with Gasteiger partial charge >= 0.3 is 0 Å². The van der Waals surface area contributed by atoms with Gasteiger partial charge in [0.25, 0.3) is 5.69 Å². The van der Waals surface area contributed by atoms with Crippen LogP contribution in [-0.2, 0) is 22.6 Å². The lowest BCUT2D eigenvalue weighted by atomic mass is 10.1. The number of hydrogen-bond acceptors (Lipinski definition) is 5. The van der Waals surface area contributed by atoms with Gasteiger partial charge in [-0.2, -0.15) is 0 Å². The highest BCUT2D eigenvalue weighted by molar-refractivity contribution is 5.88. The first-order valence-electron chi connectivity index (χ1n) is 10.1. The SMILES string of the molecule is COc1ccc(CN(C(=O)Cc2ccccc2[N+](=O)[O-])[C@@H](C)C(=O)NCC(C)C)cc1. The van der Waals surface area contributed by atoms with E-state index in [9.17, 15) is 19.7 Å². The minimum Gasteiger partial charge on any atom is -0.497 e. The van der Waals surface area contributed by atoms with Gasteiger partial charge in [-0.1, -0.05) is 44.2 Å². The van der Waals surface area contributed by atoms with Crippen LogP contribution in [0.4, 0.5) is 5.69 Å². The van der Waals surface area contributed by atoms with Crippen LogP contribution in [0, 0.1) is 16.0 Å². The third-order valence-corrected chi connectivity index (χ3v) is 4.89. The van der Waals surface area contributed by atoms with Gasteiger partial charge in [-0.3, -0.25) is 19.7 Å². The average molecular weight is 428 g/mol. The number of methoxy groups -OCH3 is 1. The molecule has 0 radical (unpaired) electrons. The summed E-state index contributed by atoms with van der Waals surface area (Å²) in [6.07, 6.45) is -0.172. The third-order valence-electron chi connectivity index (χ3n) is 4.89. The molecule has 1 N–H and O–H groups in total. The summed E-state index contributed by atoms with van der Waals surface area (Å²) in [5, 5.41) is 14.2. The number of carbonyl (C=O) groups is 2. The largest absolute Gasteiger partial charge is 0.497 e. The smallest absolute Gasteiger partial charge is 0.273 e. The van der Waals surface area contributed by atoms with Crippen molar-refractivity contribution in [3.05, 3.63) is 69.8 Å². The predicted molar refractivity (Wildman–Crippen MR) is 118 cm³/mol. The van der Waals surface area contributed by atoms with Gasteiger partial charge in [0, 0.05) is 24.7 Å². The molecule has 1 atom stereocenters. The second-order valence-corrected chi connectivity index (χ2v) is 7.75. The van der Waals surface area contributed by atoms with E-state index < -0.39 is 11.0 Å². The molecular formula is C23H29N3O5. The maximum atomic E-state index is 13.2. The Morgan fingerprint density at radius 1 is 1.10 bits per heavy atom. The number of nitro benzene ring substituents is 1. The maximum Gasteiger partial charge on any atom is 0.273 e. The molecule has 0 aliphatic rings. The summed E-state index contributed by atoms with van der Waals surface area (Å²) in [4.78, 5) is 38.1. The molecule has 0 aromatic heterocycles. The Morgan fingerprint density at radius 2 is 1.74 bits per heavy atom. The lowest BCUT2D eigenvalue weighted by molar-refractivity contribution is -0.385. The first-order valence-corrected chi connectivity index (χ1v) is 10.1. The molecule has 0 aliphatic carbocycles. The predicted octanol–water partition coefficient (Wildman–Crippen LogP) is 3.34. The minimum atomic E-state index is -0.740. The monoisotopic (exact) mass is 427 g/mol. The van der Waals surface area contributed by atoms with E-state index in [2.05, 4.69) is 5.32 Å². The van der Waals surface area contributed by atoms with E-state index in [4.69, 9.17) is 4.74 Å². The molecule has 0 spiro atoms. The van der Waals surface area contributed by atoms with Gasteiger partial charge < -0.3 is 15.0 Å². The molecular weight excluding hydrogens is 398 g/mol. The zero-order chi connectivity index (χ0) is 23.0. The number of nitro groups is 1. The van der Waals surface area contributed by atoms with Crippen molar-refractivity contribution in [3.8, 4) is 5.75 Å². The fourth-order valence-electron chi connectivity index (χ4n) is 3.07. The van der Waals surface area contributed by atoms with Crippen LogP contribution in [0.25, 0.3) is 0 Å². The van der Waals surface area contributed by atoms with E-state index in [-0.39, 0.29) is 36.4 Å². The van der Waals surface area contributed by atoms with Crippen molar-refractivity contribution >= 4 is 17.5 Å². The van der Waals surface area contributed by atoms with Crippen molar-refractivity contribution in [1.29, 1.82) is 0 Å². The van der Waals surface area contributed by atoms with E-state index in [0.29, 0.717) is 17.9 Å². The van der Waals surface area contributed by atoms with Gasteiger partial charge in [0.05, 0.1) is 18.5 Å². The van der Waals surface area contributed by atoms with Gasteiger partial charge in [-0.05, 0) is 30.5 Å². The number of rotatable bonds is 10. The van der Waals surface area contributed by atoms with Gasteiger partial charge in [0.15, 0.2) is 0 Å². The van der Waals surface area contributed by atoms with Crippen LogP contribution in [0.15, 0.2) is 48.5 Å². The van der Waals surface area contributed by atoms with Crippen molar-refractivity contribution in [2.75, 3.05) is 13.7 Å². The molecule has 0 fully saturated rings. The molecule has 0 aliphatic heterocycles. The zero-order valence-electron chi connectivity index (χ0n) is 18.3. The number of amides is 2. The molecule has 2 aromatic rings. The van der Waals surface area contributed by atoms with Crippen LogP contribution < -0.4 is 10.1 Å². The molecule has 0 heterocycles. The summed E-state index contributed by atoms with van der Waals surface area (Å²) >= 11 is 0. The van der Waals surface area contributed by atoms with Crippen LogP contribution in [0.3, 0.4) is 0 Å². The van der Waals surface area contributed by atoms with Crippen LogP contribution in [0.1, 0.15) is 31.9 Å². The molecule has 2 aromatic carbocycles. The zero-order valence-corrected chi connectivity index (χ0v) is 18.3. The van der Waals surface area contributed by atoms with Crippen molar-refractivity contribution in [3.63, 3.8) is 0 Å². The number of carbonyl (C=O) groups excluding carboxylic acids is 2. The lowest BCUT2D eigenvalue weighted by Crippen LogP contribution is -2.48. The van der Waals surface area contributed by atoms with Crippen LogP contribution in [0.2, 0.25) is 0 Å². The Bertz CT molecular complexity index is 912. The molecule has 8 heteroatoms. The summed E-state index contributed by atoms with van der Waals surface area (Å²) in [5.41, 5.74) is 1.02. The van der Waals surface area contributed by atoms with Gasteiger partial charge in [0.2, 0.25) is 11.8 Å². The first kappa shape index (κ1) is 23.9. The van der Waals surface area contributed by atoms with E-state index in [0.717, 1.165) is 5.56 Å². The number of nitrogens with zero attached hydrogens (tertiary/aromatic N) is 2. The second kappa shape index (κ2) is 11.1. The second-order valence-electron chi connectivity index (χ2n) is 7.75. The summed E-state index contributed by atoms with van der Waals surface area (Å²) in [5.74, 6) is 0.327. The van der Waals surface area contributed by atoms with E-state index in [1.54, 1.807) is 44.4 Å². The lowest BCUT2D eigenvalue weighted by Gasteiger charge is -2.29. The highest BCUT2D eigenvalue weighted by atomic mass is 16.6. The van der Waals surface area contributed by atoms with E-state index in [1.165, 1.54) is 11.0 Å².